The van der Waals surface area contributed by atoms with E-state index < -0.39 is 6.04 Å². The molecule has 4 heteroatoms. The minimum Gasteiger partial charge on any atom is -0.385 e. The number of carbonyl (C=O) groups is 1. The van der Waals surface area contributed by atoms with Gasteiger partial charge in [-0.05, 0) is 30.6 Å². The molecule has 94 valence electrons. The van der Waals surface area contributed by atoms with Crippen LogP contribution in [-0.2, 0) is 9.53 Å². The van der Waals surface area contributed by atoms with Gasteiger partial charge in [0.2, 0.25) is 5.91 Å². The lowest BCUT2D eigenvalue weighted by atomic mass is 10.1. The first kappa shape index (κ1) is 13.5. The molecule has 1 rings (SSSR count). The summed E-state index contributed by atoms with van der Waals surface area (Å²) in [5.41, 5.74) is 6.17. The first-order valence-corrected chi connectivity index (χ1v) is 5.99. The van der Waals surface area contributed by atoms with E-state index in [2.05, 4.69) is 19.2 Å². The van der Waals surface area contributed by atoms with E-state index in [0.717, 1.165) is 13.0 Å². The molecule has 0 heterocycles. The molecule has 1 fully saturated rings. The summed E-state index contributed by atoms with van der Waals surface area (Å²) in [7, 11) is 1.65. The van der Waals surface area contributed by atoms with Crippen molar-refractivity contribution >= 4 is 5.91 Å². The first-order valence-electron chi connectivity index (χ1n) is 5.99. The predicted molar refractivity (Wildman–Crippen MR) is 64.0 cm³/mol. The van der Waals surface area contributed by atoms with Crippen molar-refractivity contribution in [3.05, 3.63) is 0 Å². The van der Waals surface area contributed by atoms with Crippen LogP contribution < -0.4 is 11.1 Å². The van der Waals surface area contributed by atoms with Crippen LogP contribution in [0.3, 0.4) is 0 Å². The molecule has 2 atom stereocenters. The molecule has 3 N–H and O–H groups in total. The lowest BCUT2D eigenvalue weighted by molar-refractivity contribution is -0.122. The topological polar surface area (TPSA) is 64.3 Å². The Labute approximate surface area is 97.9 Å². The minimum atomic E-state index is -0.392. The molecule has 0 radical (unpaired) electrons. The van der Waals surface area contributed by atoms with Crippen LogP contribution in [0.5, 0.6) is 0 Å². The van der Waals surface area contributed by atoms with Crippen molar-refractivity contribution in [3.63, 3.8) is 0 Å². The molecule has 4 nitrogen and oxygen atoms in total. The summed E-state index contributed by atoms with van der Waals surface area (Å²) in [6, 6.07) is -0.392. The van der Waals surface area contributed by atoms with Crippen molar-refractivity contribution in [2.45, 2.75) is 39.2 Å². The smallest absolute Gasteiger partial charge is 0.236 e. The number of ether oxygens (including phenoxy) is 1. The van der Waals surface area contributed by atoms with Gasteiger partial charge >= 0.3 is 0 Å². The zero-order chi connectivity index (χ0) is 12.2. The largest absolute Gasteiger partial charge is 0.385 e. The van der Waals surface area contributed by atoms with E-state index in [9.17, 15) is 4.79 Å². The second-order valence-electron chi connectivity index (χ2n) is 5.38. The van der Waals surface area contributed by atoms with Crippen molar-refractivity contribution < 1.29 is 9.53 Å². The van der Waals surface area contributed by atoms with Gasteiger partial charge in [-0.25, -0.2) is 0 Å². The van der Waals surface area contributed by atoms with Crippen LogP contribution in [0.25, 0.3) is 0 Å². The van der Waals surface area contributed by atoms with Crippen LogP contribution >= 0.6 is 0 Å². The molecular formula is C12H24N2O2. The number of hydrogen-bond acceptors (Lipinski definition) is 3. The minimum absolute atomic E-state index is 0.0289. The van der Waals surface area contributed by atoms with Gasteiger partial charge in [0.1, 0.15) is 0 Å². The molecule has 1 aliphatic carbocycles. The Bertz CT molecular complexity index is 241. The number of nitrogens with two attached hydrogens (primary N) is 1. The summed E-state index contributed by atoms with van der Waals surface area (Å²) in [6.07, 6.45) is 2.72. The normalized spacial score (nSPS) is 23.9. The summed E-state index contributed by atoms with van der Waals surface area (Å²) < 4.78 is 4.92. The molecule has 0 saturated heterocycles. The van der Waals surface area contributed by atoms with E-state index >= 15 is 0 Å². The van der Waals surface area contributed by atoms with E-state index in [4.69, 9.17) is 10.5 Å². The Kier molecular flexibility index (Phi) is 4.74. The van der Waals surface area contributed by atoms with E-state index in [-0.39, 0.29) is 5.91 Å². The molecule has 0 aliphatic heterocycles. The number of nitrogens with one attached hydrogen (secondary N) is 1. The summed E-state index contributed by atoms with van der Waals surface area (Å²) >= 11 is 0. The molecule has 16 heavy (non-hydrogen) atoms. The number of methoxy groups -OCH3 is 1. The van der Waals surface area contributed by atoms with E-state index in [1.165, 1.54) is 6.42 Å². The standard InChI is InChI=1S/C12H24N2O2/c1-12(2)7-9(12)8-14-11(15)10(13)5-4-6-16-3/h9-10H,4-8,13H2,1-3H3,(H,14,15). The van der Waals surface area contributed by atoms with Crippen molar-refractivity contribution in [1.82, 2.24) is 5.32 Å². The van der Waals surface area contributed by atoms with Gasteiger partial charge in [-0.1, -0.05) is 13.8 Å². The van der Waals surface area contributed by atoms with Gasteiger partial charge in [0.05, 0.1) is 6.04 Å². The number of carbonyl (C=O) groups excluding carboxylic acids is 1. The van der Waals surface area contributed by atoms with Crippen LogP contribution in [0, 0.1) is 11.3 Å². The predicted octanol–water partition coefficient (Wildman–Crippen LogP) is 0.903. The maximum absolute atomic E-state index is 11.6. The monoisotopic (exact) mass is 228 g/mol. The second kappa shape index (κ2) is 5.64. The second-order valence-corrected chi connectivity index (χ2v) is 5.38. The summed E-state index contributed by atoms with van der Waals surface area (Å²) in [5.74, 6) is 0.599. The molecule has 1 aliphatic rings. The fourth-order valence-corrected chi connectivity index (χ4v) is 1.86. The van der Waals surface area contributed by atoms with Crippen LogP contribution in [0.4, 0.5) is 0 Å². The Morgan fingerprint density at radius 2 is 2.25 bits per heavy atom. The number of rotatable bonds is 7. The van der Waals surface area contributed by atoms with Gasteiger partial charge in [-0.15, -0.1) is 0 Å². The summed E-state index contributed by atoms with van der Waals surface area (Å²) in [5, 5.41) is 2.92. The van der Waals surface area contributed by atoms with Crippen LogP contribution in [-0.4, -0.2) is 32.2 Å². The van der Waals surface area contributed by atoms with Gasteiger partial charge in [0.15, 0.2) is 0 Å². The highest BCUT2D eigenvalue weighted by atomic mass is 16.5. The first-order chi connectivity index (χ1) is 7.47. The molecule has 1 saturated carbocycles. The van der Waals surface area contributed by atoms with Gasteiger partial charge in [0, 0.05) is 20.3 Å². The zero-order valence-electron chi connectivity index (χ0n) is 10.6. The summed E-state index contributed by atoms with van der Waals surface area (Å²) in [4.78, 5) is 11.6. The highest BCUT2D eigenvalue weighted by molar-refractivity contribution is 5.81. The molecule has 2 unspecified atom stereocenters. The van der Waals surface area contributed by atoms with E-state index in [0.29, 0.717) is 24.4 Å². The molecule has 1 amide bonds. The lowest BCUT2D eigenvalue weighted by Crippen LogP contribution is -2.41. The fraction of sp³-hybridized carbons (Fsp3) is 0.917. The molecule has 0 spiro atoms. The van der Waals surface area contributed by atoms with Gasteiger partial charge < -0.3 is 15.8 Å². The Hall–Kier alpha value is -0.610. The molecule has 0 aromatic heterocycles. The highest BCUT2D eigenvalue weighted by Gasteiger charge is 2.45. The third-order valence-corrected chi connectivity index (χ3v) is 3.44. The van der Waals surface area contributed by atoms with Crippen LogP contribution in [0.1, 0.15) is 33.1 Å². The van der Waals surface area contributed by atoms with Gasteiger partial charge in [-0.3, -0.25) is 4.79 Å². The maximum atomic E-state index is 11.6. The van der Waals surface area contributed by atoms with Crippen molar-refractivity contribution in [2.24, 2.45) is 17.1 Å². The SMILES string of the molecule is COCCCC(N)C(=O)NCC1CC1(C)C. The Morgan fingerprint density at radius 1 is 1.62 bits per heavy atom. The maximum Gasteiger partial charge on any atom is 0.236 e. The highest BCUT2D eigenvalue weighted by Crippen LogP contribution is 2.50. The van der Waals surface area contributed by atoms with Crippen molar-refractivity contribution in [1.29, 1.82) is 0 Å². The number of hydrogen-bond donors (Lipinski definition) is 2. The summed E-state index contributed by atoms with van der Waals surface area (Å²) in [6.45, 7) is 5.88. The molecular weight excluding hydrogens is 204 g/mol. The molecule has 0 aromatic rings. The fourth-order valence-electron chi connectivity index (χ4n) is 1.86. The van der Waals surface area contributed by atoms with Crippen LogP contribution in [0.15, 0.2) is 0 Å². The molecule has 0 aromatic carbocycles. The third-order valence-electron chi connectivity index (χ3n) is 3.44. The van der Waals surface area contributed by atoms with E-state index in [1.807, 2.05) is 0 Å². The average Bonchev–Trinajstić information content (AvgIpc) is 2.83. The van der Waals surface area contributed by atoms with Gasteiger partial charge in [0.25, 0.3) is 0 Å². The number of amides is 1. The Morgan fingerprint density at radius 3 is 2.75 bits per heavy atom. The van der Waals surface area contributed by atoms with Crippen molar-refractivity contribution in [2.75, 3.05) is 20.3 Å². The Balaban J connectivity index is 2.10. The van der Waals surface area contributed by atoms with E-state index in [1.54, 1.807) is 7.11 Å². The zero-order valence-corrected chi connectivity index (χ0v) is 10.6. The van der Waals surface area contributed by atoms with Crippen molar-refractivity contribution in [3.8, 4) is 0 Å². The van der Waals surface area contributed by atoms with Crippen LogP contribution in [0.2, 0.25) is 0 Å². The quantitative estimate of drug-likeness (QED) is 0.636. The van der Waals surface area contributed by atoms with Gasteiger partial charge in [-0.2, -0.15) is 0 Å². The average molecular weight is 228 g/mol. The lowest BCUT2D eigenvalue weighted by Gasteiger charge is -2.12. The third kappa shape index (κ3) is 4.10. The molecule has 0 bridgehead atoms.